The van der Waals surface area contributed by atoms with Gasteiger partial charge in [0.2, 0.25) is 0 Å². The van der Waals surface area contributed by atoms with Crippen LogP contribution in [-0.2, 0) is 17.8 Å². The number of pyridine rings is 1. The summed E-state index contributed by atoms with van der Waals surface area (Å²) in [6.07, 6.45) is 0.843. The van der Waals surface area contributed by atoms with Gasteiger partial charge in [-0.2, -0.15) is 0 Å². The Kier molecular flexibility index (Phi) is 2.74. The molecule has 5 heteroatoms. The van der Waals surface area contributed by atoms with Crippen LogP contribution in [0.4, 0.5) is 5.69 Å². The van der Waals surface area contributed by atoms with Crippen molar-refractivity contribution in [2.75, 3.05) is 12.0 Å². The molecule has 0 bridgehead atoms. The summed E-state index contributed by atoms with van der Waals surface area (Å²) in [4.78, 5) is 4.67. The van der Waals surface area contributed by atoms with Crippen molar-refractivity contribution >= 4 is 32.5 Å². The van der Waals surface area contributed by atoms with Crippen LogP contribution in [0.5, 0.6) is 0 Å². The van der Waals surface area contributed by atoms with Gasteiger partial charge in [-0.05, 0) is 18.2 Å². The molecule has 2 heterocycles. The highest BCUT2D eigenvalue weighted by atomic mass is 79.9. The van der Waals surface area contributed by atoms with Crippen LogP contribution in [0.3, 0.4) is 0 Å². The van der Waals surface area contributed by atoms with E-state index in [0.717, 1.165) is 45.3 Å². The van der Waals surface area contributed by atoms with Crippen LogP contribution in [-0.4, -0.2) is 11.6 Å². The topological polar surface area (TPSA) is 60.2 Å². The Morgan fingerprint density at radius 2 is 2.29 bits per heavy atom. The number of nitrogens with one attached hydrogen (secondary N) is 1. The maximum atomic E-state index is 5.64. The Morgan fingerprint density at radius 1 is 1.41 bits per heavy atom. The minimum Gasteiger partial charge on any atom is -0.376 e. The van der Waals surface area contributed by atoms with Crippen LogP contribution in [0, 0.1) is 0 Å². The minimum atomic E-state index is 0.574. The summed E-state index contributed by atoms with van der Waals surface area (Å²) in [6.45, 7) is 1.30. The number of hydrogen-bond donors (Lipinski definition) is 2. The fourth-order valence-electron chi connectivity index (χ4n) is 2.20. The predicted octanol–water partition coefficient (Wildman–Crippen LogP) is 2.36. The normalized spacial score (nSPS) is 14.7. The summed E-state index contributed by atoms with van der Waals surface area (Å²) in [5, 5.41) is 1.02. The molecule has 4 nitrogen and oxygen atoms in total. The number of benzene rings is 1. The van der Waals surface area contributed by atoms with Crippen LogP contribution in [0.1, 0.15) is 11.3 Å². The Morgan fingerprint density at radius 3 is 3.12 bits per heavy atom. The number of hydrazine groups is 1. The van der Waals surface area contributed by atoms with Crippen molar-refractivity contribution in [3.8, 4) is 0 Å². The van der Waals surface area contributed by atoms with Crippen molar-refractivity contribution in [1.82, 2.24) is 4.98 Å². The molecule has 0 saturated carbocycles. The third-order valence-corrected chi connectivity index (χ3v) is 3.50. The van der Waals surface area contributed by atoms with Gasteiger partial charge in [0.15, 0.2) is 0 Å². The van der Waals surface area contributed by atoms with E-state index in [1.807, 2.05) is 18.2 Å². The van der Waals surface area contributed by atoms with Crippen molar-refractivity contribution in [2.24, 2.45) is 5.84 Å². The van der Waals surface area contributed by atoms with E-state index in [2.05, 4.69) is 26.3 Å². The van der Waals surface area contributed by atoms with Gasteiger partial charge in [-0.15, -0.1) is 0 Å². The van der Waals surface area contributed by atoms with Gasteiger partial charge in [0.1, 0.15) is 0 Å². The van der Waals surface area contributed by atoms with Gasteiger partial charge in [0.05, 0.1) is 30.1 Å². The molecule has 2 aromatic rings. The molecule has 0 spiro atoms. The molecule has 1 aromatic carbocycles. The predicted molar refractivity (Wildman–Crippen MR) is 70.6 cm³/mol. The van der Waals surface area contributed by atoms with Gasteiger partial charge >= 0.3 is 0 Å². The van der Waals surface area contributed by atoms with E-state index in [0.29, 0.717) is 6.61 Å². The molecule has 1 aliphatic rings. The largest absolute Gasteiger partial charge is 0.376 e. The molecule has 0 atom stereocenters. The Hall–Kier alpha value is -1.17. The first-order valence-corrected chi connectivity index (χ1v) is 6.24. The average molecular weight is 294 g/mol. The monoisotopic (exact) mass is 293 g/mol. The summed E-state index contributed by atoms with van der Waals surface area (Å²) in [5.74, 6) is 5.64. The lowest BCUT2D eigenvalue weighted by Gasteiger charge is -2.20. The van der Waals surface area contributed by atoms with Crippen molar-refractivity contribution in [3.05, 3.63) is 33.9 Å². The van der Waals surface area contributed by atoms with Crippen molar-refractivity contribution in [1.29, 1.82) is 0 Å². The van der Waals surface area contributed by atoms with Gasteiger partial charge in [-0.3, -0.25) is 10.8 Å². The third kappa shape index (κ3) is 1.80. The van der Waals surface area contributed by atoms with E-state index in [9.17, 15) is 0 Å². The van der Waals surface area contributed by atoms with Gasteiger partial charge in [0, 0.05) is 21.8 Å². The Balaban J connectivity index is 2.35. The van der Waals surface area contributed by atoms with E-state index in [1.165, 1.54) is 0 Å². The van der Waals surface area contributed by atoms with Crippen LogP contribution in [0.25, 0.3) is 10.9 Å². The zero-order valence-electron chi connectivity index (χ0n) is 9.16. The van der Waals surface area contributed by atoms with Crippen LogP contribution in [0.2, 0.25) is 0 Å². The van der Waals surface area contributed by atoms with Crippen LogP contribution in [0.15, 0.2) is 22.7 Å². The van der Waals surface area contributed by atoms with Crippen LogP contribution >= 0.6 is 15.9 Å². The molecule has 3 rings (SSSR count). The standard InChI is InChI=1S/C12H12BrN3O/c13-7-1-2-10-8(5-7)12(16-14)9-6-17-4-3-11(9)15-10/h1-2,5H,3-4,6,14H2,(H,15,16). The molecule has 17 heavy (non-hydrogen) atoms. The van der Waals surface area contributed by atoms with Gasteiger partial charge in [0.25, 0.3) is 0 Å². The average Bonchev–Trinajstić information content (AvgIpc) is 2.36. The molecule has 3 N–H and O–H groups in total. The first-order valence-electron chi connectivity index (χ1n) is 5.45. The molecule has 0 unspecified atom stereocenters. The molecule has 1 aromatic heterocycles. The van der Waals surface area contributed by atoms with E-state index < -0.39 is 0 Å². The fourth-order valence-corrected chi connectivity index (χ4v) is 2.56. The molecule has 0 radical (unpaired) electrons. The molecule has 0 fully saturated rings. The fraction of sp³-hybridized carbons (Fsp3) is 0.250. The number of aromatic nitrogens is 1. The van der Waals surface area contributed by atoms with E-state index in [4.69, 9.17) is 10.6 Å². The Bertz CT molecular complexity index is 585. The number of anilines is 1. The Labute approximate surface area is 107 Å². The quantitative estimate of drug-likeness (QED) is 0.626. The first-order chi connectivity index (χ1) is 8.29. The lowest BCUT2D eigenvalue weighted by Crippen LogP contribution is -2.17. The van der Waals surface area contributed by atoms with Crippen molar-refractivity contribution in [3.63, 3.8) is 0 Å². The minimum absolute atomic E-state index is 0.574. The summed E-state index contributed by atoms with van der Waals surface area (Å²) in [7, 11) is 0. The molecule has 0 aliphatic carbocycles. The molecular weight excluding hydrogens is 282 g/mol. The van der Waals surface area contributed by atoms with E-state index in [-0.39, 0.29) is 0 Å². The molecule has 0 amide bonds. The number of hydrogen-bond acceptors (Lipinski definition) is 4. The smallest absolute Gasteiger partial charge is 0.0755 e. The second-order valence-electron chi connectivity index (χ2n) is 4.02. The number of nitrogen functional groups attached to an aromatic ring is 1. The lowest BCUT2D eigenvalue weighted by molar-refractivity contribution is 0.110. The van der Waals surface area contributed by atoms with Crippen LogP contribution < -0.4 is 11.3 Å². The number of rotatable bonds is 1. The third-order valence-electron chi connectivity index (χ3n) is 3.01. The number of ether oxygens (including phenoxy) is 1. The highest BCUT2D eigenvalue weighted by Crippen LogP contribution is 2.32. The van der Waals surface area contributed by atoms with Gasteiger partial charge in [-0.25, -0.2) is 0 Å². The SMILES string of the molecule is NNc1c2c(nc3ccc(Br)cc13)CCOC2. The second-order valence-corrected chi connectivity index (χ2v) is 4.94. The number of halogens is 1. The first kappa shape index (κ1) is 11.0. The zero-order chi connectivity index (χ0) is 11.8. The maximum Gasteiger partial charge on any atom is 0.0755 e. The molecule has 0 saturated heterocycles. The van der Waals surface area contributed by atoms with Gasteiger partial charge in [-0.1, -0.05) is 15.9 Å². The molecule has 88 valence electrons. The maximum absolute atomic E-state index is 5.64. The highest BCUT2D eigenvalue weighted by molar-refractivity contribution is 9.10. The lowest BCUT2D eigenvalue weighted by atomic mass is 10.0. The summed E-state index contributed by atoms with van der Waals surface area (Å²) < 4.78 is 6.48. The van der Waals surface area contributed by atoms with E-state index >= 15 is 0 Å². The summed E-state index contributed by atoms with van der Waals surface area (Å²) >= 11 is 3.46. The van der Waals surface area contributed by atoms with Crippen molar-refractivity contribution < 1.29 is 4.74 Å². The number of fused-ring (bicyclic) bond motifs is 2. The number of nitrogens with two attached hydrogens (primary N) is 1. The van der Waals surface area contributed by atoms with E-state index in [1.54, 1.807) is 0 Å². The molecular formula is C12H12BrN3O. The highest BCUT2D eigenvalue weighted by Gasteiger charge is 2.18. The zero-order valence-corrected chi connectivity index (χ0v) is 10.8. The summed E-state index contributed by atoms with van der Waals surface area (Å²) in [5.41, 5.74) is 6.82. The summed E-state index contributed by atoms with van der Waals surface area (Å²) in [6, 6.07) is 6.00. The second kappa shape index (κ2) is 4.25. The molecule has 1 aliphatic heterocycles. The number of nitrogens with zero attached hydrogens (tertiary/aromatic N) is 1. The van der Waals surface area contributed by atoms with Gasteiger partial charge < -0.3 is 10.2 Å². The van der Waals surface area contributed by atoms with Crippen molar-refractivity contribution in [2.45, 2.75) is 13.0 Å².